The first-order chi connectivity index (χ1) is 16.7. The number of fused-ring (bicyclic) bond motifs is 5. The van der Waals surface area contributed by atoms with Crippen LogP contribution in [0.1, 0.15) is 91.4 Å². The molecular formula is C29H53N3O3. The van der Waals surface area contributed by atoms with Crippen LogP contribution in [-0.4, -0.2) is 67.8 Å². The van der Waals surface area contributed by atoms with Crippen LogP contribution < -0.4 is 5.73 Å². The van der Waals surface area contributed by atoms with Crippen molar-refractivity contribution >= 4 is 5.71 Å². The van der Waals surface area contributed by atoms with E-state index in [1.54, 1.807) is 0 Å². The third-order valence-corrected chi connectivity index (χ3v) is 11.1. The number of nitrogens with zero attached hydrogens (tertiary/aromatic N) is 2. The van der Waals surface area contributed by atoms with Crippen LogP contribution in [0.2, 0.25) is 0 Å². The number of aliphatic hydroxyl groups is 1. The van der Waals surface area contributed by atoms with E-state index in [4.69, 9.17) is 15.3 Å². The van der Waals surface area contributed by atoms with E-state index in [-0.39, 0.29) is 5.41 Å². The molecule has 0 saturated heterocycles. The first-order valence-electron chi connectivity index (χ1n) is 14.5. The molecular weight excluding hydrogens is 438 g/mol. The molecule has 4 aliphatic rings. The van der Waals surface area contributed by atoms with Crippen molar-refractivity contribution in [3.8, 4) is 0 Å². The van der Waals surface area contributed by atoms with Gasteiger partial charge in [0.05, 0.1) is 17.4 Å². The van der Waals surface area contributed by atoms with Crippen molar-refractivity contribution < 1.29 is 14.7 Å². The Labute approximate surface area is 214 Å². The van der Waals surface area contributed by atoms with E-state index >= 15 is 0 Å². The molecule has 4 rings (SSSR count). The minimum atomic E-state index is -0.579. The Kier molecular flexibility index (Phi) is 8.57. The Balaban J connectivity index is 1.42. The van der Waals surface area contributed by atoms with Gasteiger partial charge in [0, 0.05) is 24.5 Å². The Morgan fingerprint density at radius 2 is 1.80 bits per heavy atom. The van der Waals surface area contributed by atoms with E-state index in [0.29, 0.717) is 42.4 Å². The molecule has 35 heavy (non-hydrogen) atoms. The summed E-state index contributed by atoms with van der Waals surface area (Å²) in [5.41, 5.74) is 6.41. The lowest BCUT2D eigenvalue weighted by Gasteiger charge is -2.63. The first kappa shape index (κ1) is 27.3. The molecule has 4 fully saturated rings. The lowest BCUT2D eigenvalue weighted by atomic mass is 9.43. The molecule has 0 aromatic heterocycles. The predicted molar refractivity (Wildman–Crippen MR) is 142 cm³/mol. The van der Waals surface area contributed by atoms with Gasteiger partial charge in [-0.3, -0.25) is 0 Å². The summed E-state index contributed by atoms with van der Waals surface area (Å²) in [5.74, 6) is 2.09. The van der Waals surface area contributed by atoms with Gasteiger partial charge >= 0.3 is 0 Å². The summed E-state index contributed by atoms with van der Waals surface area (Å²) >= 11 is 0. The van der Waals surface area contributed by atoms with Crippen LogP contribution in [0.4, 0.5) is 0 Å². The lowest BCUT2D eigenvalue weighted by Crippen LogP contribution is -2.62. The predicted octanol–water partition coefficient (Wildman–Crippen LogP) is 4.84. The molecule has 0 heterocycles. The van der Waals surface area contributed by atoms with Crippen molar-refractivity contribution in [2.45, 2.75) is 103 Å². The van der Waals surface area contributed by atoms with Crippen LogP contribution in [0.3, 0.4) is 0 Å². The monoisotopic (exact) mass is 491 g/mol. The molecule has 6 heteroatoms. The zero-order chi connectivity index (χ0) is 25.3. The van der Waals surface area contributed by atoms with E-state index in [1.165, 1.54) is 25.7 Å². The molecule has 3 N–H and O–H groups in total. The van der Waals surface area contributed by atoms with Crippen molar-refractivity contribution in [3.05, 3.63) is 0 Å². The van der Waals surface area contributed by atoms with Crippen LogP contribution in [0, 0.1) is 34.5 Å². The fourth-order valence-corrected chi connectivity index (χ4v) is 9.00. The average molecular weight is 492 g/mol. The van der Waals surface area contributed by atoms with Gasteiger partial charge in [0.25, 0.3) is 0 Å². The number of ether oxygens (including phenoxy) is 1. The van der Waals surface area contributed by atoms with E-state index in [9.17, 15) is 5.11 Å². The van der Waals surface area contributed by atoms with E-state index in [2.05, 4.69) is 44.9 Å². The van der Waals surface area contributed by atoms with Gasteiger partial charge in [-0.2, -0.15) is 0 Å². The Morgan fingerprint density at radius 3 is 2.54 bits per heavy atom. The van der Waals surface area contributed by atoms with Gasteiger partial charge in [-0.15, -0.1) is 0 Å². The van der Waals surface area contributed by atoms with Crippen LogP contribution in [0.15, 0.2) is 5.16 Å². The van der Waals surface area contributed by atoms with Crippen LogP contribution in [0.5, 0.6) is 0 Å². The summed E-state index contributed by atoms with van der Waals surface area (Å²) < 4.78 is 6.20. The summed E-state index contributed by atoms with van der Waals surface area (Å²) in [6.45, 7) is 10.2. The SMILES string of the molecule is C/C(=N/OCCCN(C)C)[C@H]1CC[C@@]2(O)[C@@H]3CCC4CC(OCCCN)CC[C@]4(C)[C@H]3CC[C@]12C. The molecule has 202 valence electrons. The second-order valence-corrected chi connectivity index (χ2v) is 13.1. The molecule has 4 saturated carbocycles. The van der Waals surface area contributed by atoms with Gasteiger partial charge in [-0.1, -0.05) is 19.0 Å². The normalized spacial score (nSPS) is 43.5. The van der Waals surface area contributed by atoms with E-state index < -0.39 is 5.60 Å². The van der Waals surface area contributed by atoms with Gasteiger partial charge in [-0.25, -0.2) is 0 Å². The molecule has 0 bridgehead atoms. The number of hydrogen-bond acceptors (Lipinski definition) is 6. The molecule has 0 aromatic carbocycles. The first-order valence-corrected chi connectivity index (χ1v) is 14.5. The summed E-state index contributed by atoms with van der Waals surface area (Å²) in [6.07, 6.45) is 12.6. The molecule has 0 spiro atoms. The molecule has 0 aromatic rings. The maximum absolute atomic E-state index is 12.4. The number of oxime groups is 1. The zero-order valence-electron chi connectivity index (χ0n) is 23.2. The second kappa shape index (κ2) is 11.0. The number of rotatable bonds is 10. The summed E-state index contributed by atoms with van der Waals surface area (Å²) in [4.78, 5) is 7.89. The Hall–Kier alpha value is -0.690. The minimum absolute atomic E-state index is 0.0967. The standard InChI is InChI=1S/C29H53N3O3/c1-21(31-35-19-7-17-32(4)5)24-12-15-29(33)26-9-8-22-20-23(34-18-6-16-30)10-13-27(22,2)25(26)11-14-28(24,29)3/h22-26,33H,6-20,30H2,1-5H3/b31-21-/t22?,23?,24-,25+,26-,27+,28-,29-/m1/s1. The van der Waals surface area contributed by atoms with Crippen molar-refractivity contribution in [2.24, 2.45) is 45.4 Å². The molecule has 2 unspecified atom stereocenters. The highest BCUT2D eigenvalue weighted by Gasteiger charge is 2.67. The molecule has 0 aliphatic heterocycles. The van der Waals surface area contributed by atoms with Crippen LogP contribution in [-0.2, 0) is 9.57 Å². The smallest absolute Gasteiger partial charge is 0.118 e. The van der Waals surface area contributed by atoms with Crippen LogP contribution >= 0.6 is 0 Å². The van der Waals surface area contributed by atoms with Gasteiger partial charge in [0.1, 0.15) is 6.61 Å². The third kappa shape index (κ3) is 5.06. The van der Waals surface area contributed by atoms with Gasteiger partial charge in [0.15, 0.2) is 0 Å². The Bertz CT molecular complexity index is 745. The minimum Gasteiger partial charge on any atom is -0.396 e. The highest BCUT2D eigenvalue weighted by atomic mass is 16.6. The third-order valence-electron chi connectivity index (χ3n) is 11.1. The maximum Gasteiger partial charge on any atom is 0.118 e. The number of nitrogens with two attached hydrogens (primary N) is 1. The highest BCUT2D eigenvalue weighted by molar-refractivity contribution is 5.85. The van der Waals surface area contributed by atoms with Crippen molar-refractivity contribution in [2.75, 3.05) is 40.4 Å². The fourth-order valence-electron chi connectivity index (χ4n) is 9.00. The van der Waals surface area contributed by atoms with Gasteiger partial charge < -0.3 is 25.3 Å². The summed E-state index contributed by atoms with van der Waals surface area (Å²) in [7, 11) is 4.17. The molecule has 0 radical (unpaired) electrons. The second-order valence-electron chi connectivity index (χ2n) is 13.1. The topological polar surface area (TPSA) is 80.3 Å². The number of hydrogen-bond donors (Lipinski definition) is 2. The Morgan fingerprint density at radius 1 is 1.00 bits per heavy atom. The molecule has 8 atom stereocenters. The fraction of sp³-hybridized carbons (Fsp3) is 0.966. The highest BCUT2D eigenvalue weighted by Crippen LogP contribution is 2.69. The van der Waals surface area contributed by atoms with E-state index in [0.717, 1.165) is 69.7 Å². The van der Waals surface area contributed by atoms with E-state index in [1.807, 2.05) is 0 Å². The zero-order valence-corrected chi connectivity index (χ0v) is 23.2. The average Bonchev–Trinajstić information content (AvgIpc) is 3.10. The summed E-state index contributed by atoms with van der Waals surface area (Å²) in [6, 6.07) is 0. The maximum atomic E-state index is 12.4. The quantitative estimate of drug-likeness (QED) is 0.260. The molecule has 0 amide bonds. The van der Waals surface area contributed by atoms with Crippen molar-refractivity contribution in [1.29, 1.82) is 0 Å². The largest absolute Gasteiger partial charge is 0.396 e. The molecule has 4 aliphatic carbocycles. The van der Waals surface area contributed by atoms with Crippen LogP contribution in [0.25, 0.3) is 0 Å². The van der Waals surface area contributed by atoms with Crippen molar-refractivity contribution in [3.63, 3.8) is 0 Å². The van der Waals surface area contributed by atoms with Gasteiger partial charge in [0.2, 0.25) is 0 Å². The van der Waals surface area contributed by atoms with Crippen molar-refractivity contribution in [1.82, 2.24) is 4.90 Å². The lowest BCUT2D eigenvalue weighted by molar-refractivity contribution is -0.208. The van der Waals surface area contributed by atoms with Gasteiger partial charge in [-0.05, 0) is 121 Å². The summed E-state index contributed by atoms with van der Waals surface area (Å²) in [5, 5.41) is 17.0. The molecule has 6 nitrogen and oxygen atoms in total.